The first kappa shape index (κ1) is 22.2. The summed E-state index contributed by atoms with van der Waals surface area (Å²) in [4.78, 5) is 26.0. The minimum absolute atomic E-state index is 0.0110. The van der Waals surface area contributed by atoms with Gasteiger partial charge in [0, 0.05) is 13.1 Å². The molecule has 0 heterocycles. The normalized spacial score (nSPS) is 10.9. The van der Waals surface area contributed by atoms with Gasteiger partial charge in [0.2, 0.25) is 0 Å². The summed E-state index contributed by atoms with van der Waals surface area (Å²) in [7, 11) is -2.45. The third kappa shape index (κ3) is 5.71. The number of rotatable bonds is 9. The van der Waals surface area contributed by atoms with Gasteiger partial charge in [-0.05, 0) is 50.2 Å². The second kappa shape index (κ2) is 9.92. The van der Waals surface area contributed by atoms with Crippen LogP contribution in [0.2, 0.25) is 0 Å². The highest BCUT2D eigenvalue weighted by Crippen LogP contribution is 2.22. The van der Waals surface area contributed by atoms with E-state index in [1.165, 1.54) is 48.4 Å². The van der Waals surface area contributed by atoms with Crippen molar-refractivity contribution in [2.75, 3.05) is 31.5 Å². The van der Waals surface area contributed by atoms with E-state index < -0.39 is 22.6 Å². The van der Waals surface area contributed by atoms with Crippen LogP contribution in [-0.2, 0) is 19.6 Å². The first-order chi connectivity index (χ1) is 13.8. The number of carbonyl (C=O) groups excluding carboxylic acids is 2. The van der Waals surface area contributed by atoms with E-state index in [1.807, 2.05) is 13.8 Å². The number of ether oxygens (including phenoxy) is 2. The van der Waals surface area contributed by atoms with Crippen LogP contribution in [0.4, 0.5) is 5.69 Å². The van der Waals surface area contributed by atoms with Crippen LogP contribution in [0.15, 0.2) is 53.4 Å². The summed E-state index contributed by atoms with van der Waals surface area (Å²) in [6.07, 6.45) is 0. The monoisotopic (exact) mass is 420 g/mol. The summed E-state index contributed by atoms with van der Waals surface area (Å²) in [5.74, 6) is -0.594. The lowest BCUT2D eigenvalue weighted by Crippen LogP contribution is -2.34. The SMILES string of the molecule is CCN(CC)C(=O)COC(=O)c1ccccc1NS(=O)(=O)c1ccc(OC)cc1. The van der Waals surface area contributed by atoms with E-state index in [9.17, 15) is 18.0 Å². The van der Waals surface area contributed by atoms with Crippen molar-refractivity contribution in [1.29, 1.82) is 0 Å². The molecule has 29 heavy (non-hydrogen) atoms. The van der Waals surface area contributed by atoms with Crippen molar-refractivity contribution in [3.05, 3.63) is 54.1 Å². The van der Waals surface area contributed by atoms with Gasteiger partial charge in [-0.15, -0.1) is 0 Å². The molecule has 1 amide bonds. The Labute approximate surface area is 170 Å². The topological polar surface area (TPSA) is 102 Å². The molecule has 156 valence electrons. The van der Waals surface area contributed by atoms with Crippen molar-refractivity contribution in [1.82, 2.24) is 4.90 Å². The number of carbonyl (C=O) groups is 2. The van der Waals surface area contributed by atoms with Crippen LogP contribution < -0.4 is 9.46 Å². The largest absolute Gasteiger partial charge is 0.497 e. The predicted molar refractivity (Wildman–Crippen MR) is 108 cm³/mol. The fourth-order valence-corrected chi connectivity index (χ4v) is 3.66. The summed E-state index contributed by atoms with van der Waals surface area (Å²) in [5, 5.41) is 0. The zero-order valence-corrected chi connectivity index (χ0v) is 17.4. The van der Waals surface area contributed by atoms with Crippen LogP contribution >= 0.6 is 0 Å². The predicted octanol–water partition coefficient (Wildman–Crippen LogP) is 2.52. The standard InChI is InChI=1S/C20H24N2O6S/c1-4-22(5-2)19(23)14-28-20(24)17-8-6-7-9-18(17)21-29(25,26)16-12-10-15(27-3)11-13-16/h6-13,21H,4-5,14H2,1-3H3. The molecule has 1 N–H and O–H groups in total. The number of benzene rings is 2. The molecule has 0 radical (unpaired) electrons. The molecule has 0 spiro atoms. The van der Waals surface area contributed by atoms with E-state index in [1.54, 1.807) is 12.1 Å². The summed E-state index contributed by atoms with van der Waals surface area (Å²) in [6.45, 7) is 4.25. The van der Waals surface area contributed by atoms with Gasteiger partial charge in [-0.25, -0.2) is 13.2 Å². The van der Waals surface area contributed by atoms with Crippen molar-refractivity contribution < 1.29 is 27.5 Å². The maximum Gasteiger partial charge on any atom is 0.340 e. The van der Waals surface area contributed by atoms with Crippen molar-refractivity contribution >= 4 is 27.6 Å². The number of hydrogen-bond donors (Lipinski definition) is 1. The Morgan fingerprint density at radius 1 is 1.00 bits per heavy atom. The molecule has 2 aromatic rings. The molecule has 0 unspecified atom stereocenters. The Hall–Kier alpha value is -3.07. The second-order valence-electron chi connectivity index (χ2n) is 5.97. The van der Waals surface area contributed by atoms with Gasteiger partial charge in [-0.3, -0.25) is 9.52 Å². The number of sulfonamides is 1. The average molecular weight is 420 g/mol. The lowest BCUT2D eigenvalue weighted by molar-refractivity contribution is -0.134. The van der Waals surface area contributed by atoms with Crippen LogP contribution in [0.5, 0.6) is 5.75 Å². The van der Waals surface area contributed by atoms with E-state index in [-0.39, 0.29) is 22.1 Å². The first-order valence-electron chi connectivity index (χ1n) is 9.03. The third-order valence-corrected chi connectivity index (χ3v) is 5.59. The van der Waals surface area contributed by atoms with Crippen LogP contribution in [-0.4, -0.2) is 52.0 Å². The molecule has 0 bridgehead atoms. The van der Waals surface area contributed by atoms with Gasteiger partial charge in [-0.1, -0.05) is 12.1 Å². The number of likely N-dealkylation sites (N-methyl/N-ethyl adjacent to an activating group) is 1. The van der Waals surface area contributed by atoms with Gasteiger partial charge in [0.15, 0.2) is 6.61 Å². The van der Waals surface area contributed by atoms with Gasteiger partial charge in [-0.2, -0.15) is 0 Å². The molecule has 0 aliphatic rings. The number of nitrogens with zero attached hydrogens (tertiary/aromatic N) is 1. The second-order valence-corrected chi connectivity index (χ2v) is 7.65. The fourth-order valence-electron chi connectivity index (χ4n) is 2.58. The maximum atomic E-state index is 12.6. The van der Waals surface area contributed by atoms with Gasteiger partial charge >= 0.3 is 5.97 Å². The molecule has 0 fully saturated rings. The highest BCUT2D eigenvalue weighted by molar-refractivity contribution is 7.92. The number of anilines is 1. The van der Waals surface area contributed by atoms with Crippen LogP contribution in [0.1, 0.15) is 24.2 Å². The van der Waals surface area contributed by atoms with Crippen molar-refractivity contribution in [3.63, 3.8) is 0 Å². The minimum Gasteiger partial charge on any atom is -0.497 e. The van der Waals surface area contributed by atoms with Crippen LogP contribution in [0.3, 0.4) is 0 Å². The average Bonchev–Trinajstić information content (AvgIpc) is 2.73. The molecular weight excluding hydrogens is 396 g/mol. The summed E-state index contributed by atoms with van der Waals surface area (Å²) in [5.41, 5.74) is 0.0699. The Kier molecular flexibility index (Phi) is 7.60. The van der Waals surface area contributed by atoms with E-state index >= 15 is 0 Å². The Morgan fingerprint density at radius 3 is 2.21 bits per heavy atom. The quantitative estimate of drug-likeness (QED) is 0.626. The number of nitrogens with one attached hydrogen (secondary N) is 1. The highest BCUT2D eigenvalue weighted by atomic mass is 32.2. The summed E-state index contributed by atoms with van der Waals surface area (Å²) in [6, 6.07) is 11.9. The Bertz CT molecular complexity index is 953. The number of esters is 1. The smallest absolute Gasteiger partial charge is 0.340 e. The number of amides is 1. The number of methoxy groups -OCH3 is 1. The lowest BCUT2D eigenvalue weighted by Gasteiger charge is -2.18. The molecule has 0 saturated carbocycles. The van der Waals surface area contributed by atoms with Crippen LogP contribution in [0, 0.1) is 0 Å². The van der Waals surface area contributed by atoms with E-state index in [0.29, 0.717) is 18.8 Å². The van der Waals surface area contributed by atoms with Crippen molar-refractivity contribution in [2.45, 2.75) is 18.7 Å². The summed E-state index contributed by atoms with van der Waals surface area (Å²) >= 11 is 0. The van der Waals surface area contributed by atoms with Gasteiger partial charge in [0.1, 0.15) is 5.75 Å². The number of hydrogen-bond acceptors (Lipinski definition) is 6. The number of para-hydroxylation sites is 1. The first-order valence-corrected chi connectivity index (χ1v) is 10.5. The molecular formula is C20H24N2O6S. The van der Waals surface area contributed by atoms with Gasteiger partial charge < -0.3 is 14.4 Å². The van der Waals surface area contributed by atoms with Crippen molar-refractivity contribution in [3.8, 4) is 5.75 Å². The molecule has 0 atom stereocenters. The minimum atomic E-state index is -3.94. The molecule has 0 aliphatic carbocycles. The zero-order valence-electron chi connectivity index (χ0n) is 16.5. The fraction of sp³-hybridized carbons (Fsp3) is 0.300. The highest BCUT2D eigenvalue weighted by Gasteiger charge is 2.20. The molecule has 8 nitrogen and oxygen atoms in total. The Morgan fingerprint density at radius 2 is 1.62 bits per heavy atom. The van der Waals surface area contributed by atoms with Gasteiger partial charge in [0.05, 0.1) is 23.3 Å². The molecule has 9 heteroatoms. The lowest BCUT2D eigenvalue weighted by atomic mass is 10.2. The third-order valence-electron chi connectivity index (χ3n) is 4.20. The van der Waals surface area contributed by atoms with Gasteiger partial charge in [0.25, 0.3) is 15.9 Å². The van der Waals surface area contributed by atoms with Crippen LogP contribution in [0.25, 0.3) is 0 Å². The van der Waals surface area contributed by atoms with E-state index in [0.717, 1.165) is 0 Å². The van der Waals surface area contributed by atoms with Crippen molar-refractivity contribution in [2.24, 2.45) is 0 Å². The molecule has 0 saturated heterocycles. The molecule has 2 rings (SSSR count). The molecule has 2 aromatic carbocycles. The molecule has 0 aliphatic heterocycles. The zero-order chi connectivity index (χ0) is 21.4. The van der Waals surface area contributed by atoms with E-state index in [4.69, 9.17) is 9.47 Å². The summed E-state index contributed by atoms with van der Waals surface area (Å²) < 4.78 is 37.8. The maximum absolute atomic E-state index is 12.6. The molecule has 0 aromatic heterocycles. The Balaban J connectivity index is 2.17. The van der Waals surface area contributed by atoms with E-state index in [2.05, 4.69) is 4.72 Å².